The molecule has 1 saturated heterocycles. The van der Waals surface area contributed by atoms with Crippen LogP contribution in [0.4, 0.5) is 0 Å². The average molecular weight is 400 g/mol. The van der Waals surface area contributed by atoms with E-state index < -0.39 is 0 Å². The van der Waals surface area contributed by atoms with Crippen LogP contribution < -0.4 is 0 Å². The van der Waals surface area contributed by atoms with Gasteiger partial charge in [0.05, 0.1) is 11.5 Å². The maximum atomic E-state index is 9.59. The Morgan fingerprint density at radius 2 is 2.00 bits per heavy atom. The van der Waals surface area contributed by atoms with Gasteiger partial charge in [-0.05, 0) is 47.5 Å². The van der Waals surface area contributed by atoms with E-state index in [0.717, 1.165) is 53.9 Å². The van der Waals surface area contributed by atoms with Crippen molar-refractivity contribution in [3.63, 3.8) is 0 Å². The molecule has 0 aromatic carbocycles. The Kier molecular flexibility index (Phi) is 4.34. The van der Waals surface area contributed by atoms with E-state index >= 15 is 0 Å². The van der Waals surface area contributed by atoms with Gasteiger partial charge in [-0.2, -0.15) is 0 Å². The molecule has 124 valence electrons. The highest BCUT2D eigenvalue weighted by Gasteiger charge is 2.33. The third kappa shape index (κ3) is 3.02. The Morgan fingerprint density at radius 1 is 1.26 bits per heavy atom. The second-order valence-electron chi connectivity index (χ2n) is 6.77. The fourth-order valence-corrected chi connectivity index (χ4v) is 4.76. The molecule has 0 radical (unpaired) electrons. The molecule has 2 aliphatic rings. The van der Waals surface area contributed by atoms with Crippen LogP contribution in [0.5, 0.6) is 0 Å². The molecule has 1 aliphatic heterocycles. The van der Waals surface area contributed by atoms with Crippen molar-refractivity contribution in [3.8, 4) is 0 Å². The summed E-state index contributed by atoms with van der Waals surface area (Å²) in [6.07, 6.45) is 7.72. The first kappa shape index (κ1) is 15.8. The molecule has 2 aromatic rings. The number of piperidine rings is 1. The number of aliphatic hydroxyl groups excluding tert-OH is 1. The van der Waals surface area contributed by atoms with Gasteiger partial charge in [0.25, 0.3) is 0 Å². The van der Waals surface area contributed by atoms with E-state index in [-0.39, 0.29) is 6.10 Å². The number of halogens is 2. The van der Waals surface area contributed by atoms with Gasteiger partial charge in [-0.15, -0.1) is 0 Å². The van der Waals surface area contributed by atoms with Gasteiger partial charge in [-0.3, -0.25) is 0 Å². The third-order valence-electron chi connectivity index (χ3n) is 5.19. The molecule has 1 saturated carbocycles. The zero-order valence-corrected chi connectivity index (χ0v) is 15.2. The maximum Gasteiger partial charge on any atom is 0.146 e. The standard InChI is InChI=1S/C16H20BrClN4O/c17-13-8-22(16-14(13)15(18)19-9-20-16)11-5-10(6-11)7-21-3-1-12(23)2-4-21/h8-12,23H,1-7H2. The Labute approximate surface area is 148 Å². The Morgan fingerprint density at radius 3 is 2.74 bits per heavy atom. The van der Waals surface area contributed by atoms with Crippen LogP contribution in [0.2, 0.25) is 5.15 Å². The monoisotopic (exact) mass is 398 g/mol. The van der Waals surface area contributed by atoms with Gasteiger partial charge in [-0.25, -0.2) is 9.97 Å². The van der Waals surface area contributed by atoms with Crippen LogP contribution in [0.25, 0.3) is 11.0 Å². The third-order valence-corrected chi connectivity index (χ3v) is 6.08. The first-order valence-electron chi connectivity index (χ1n) is 8.18. The highest BCUT2D eigenvalue weighted by molar-refractivity contribution is 9.10. The van der Waals surface area contributed by atoms with Crippen LogP contribution in [0.3, 0.4) is 0 Å². The second kappa shape index (κ2) is 6.31. The minimum absolute atomic E-state index is 0.0894. The molecule has 7 heteroatoms. The molecule has 1 aliphatic carbocycles. The van der Waals surface area contributed by atoms with Crippen molar-refractivity contribution >= 4 is 38.6 Å². The van der Waals surface area contributed by atoms with Crippen LogP contribution in [-0.2, 0) is 0 Å². The van der Waals surface area contributed by atoms with Crippen LogP contribution in [0, 0.1) is 5.92 Å². The number of hydrogen-bond donors (Lipinski definition) is 1. The molecule has 0 spiro atoms. The minimum Gasteiger partial charge on any atom is -0.393 e. The molecule has 5 nitrogen and oxygen atoms in total. The predicted molar refractivity (Wildman–Crippen MR) is 93.7 cm³/mol. The summed E-state index contributed by atoms with van der Waals surface area (Å²) in [7, 11) is 0. The molecule has 0 bridgehead atoms. The maximum absolute atomic E-state index is 9.59. The summed E-state index contributed by atoms with van der Waals surface area (Å²) in [4.78, 5) is 11.0. The number of fused-ring (bicyclic) bond motifs is 1. The molecule has 0 amide bonds. The fourth-order valence-electron chi connectivity index (χ4n) is 3.83. The fraction of sp³-hybridized carbons (Fsp3) is 0.625. The van der Waals surface area contributed by atoms with E-state index in [1.807, 2.05) is 0 Å². The van der Waals surface area contributed by atoms with Gasteiger partial charge < -0.3 is 14.6 Å². The summed E-state index contributed by atoms with van der Waals surface area (Å²) < 4.78 is 3.20. The lowest BCUT2D eigenvalue weighted by Crippen LogP contribution is -2.42. The van der Waals surface area contributed by atoms with Crippen LogP contribution >= 0.6 is 27.5 Å². The largest absolute Gasteiger partial charge is 0.393 e. The van der Waals surface area contributed by atoms with Crippen molar-refractivity contribution in [2.24, 2.45) is 5.92 Å². The number of aliphatic hydroxyl groups is 1. The zero-order chi connectivity index (χ0) is 16.0. The van der Waals surface area contributed by atoms with E-state index in [1.165, 1.54) is 19.2 Å². The van der Waals surface area contributed by atoms with Crippen molar-refractivity contribution in [2.75, 3.05) is 19.6 Å². The van der Waals surface area contributed by atoms with Gasteiger partial charge >= 0.3 is 0 Å². The van der Waals surface area contributed by atoms with Crippen LogP contribution in [0.15, 0.2) is 17.0 Å². The molecule has 4 rings (SSSR count). The number of nitrogens with zero attached hydrogens (tertiary/aromatic N) is 4. The molecule has 2 fully saturated rings. The van der Waals surface area contributed by atoms with Crippen molar-refractivity contribution < 1.29 is 5.11 Å². The second-order valence-corrected chi connectivity index (χ2v) is 7.98. The van der Waals surface area contributed by atoms with Crippen molar-refractivity contribution in [3.05, 3.63) is 22.1 Å². The smallest absolute Gasteiger partial charge is 0.146 e. The zero-order valence-electron chi connectivity index (χ0n) is 12.8. The van der Waals surface area contributed by atoms with Crippen LogP contribution in [0.1, 0.15) is 31.7 Å². The summed E-state index contributed by atoms with van der Waals surface area (Å²) in [5.74, 6) is 0.740. The highest BCUT2D eigenvalue weighted by Crippen LogP contribution is 2.42. The summed E-state index contributed by atoms with van der Waals surface area (Å²) in [5, 5.41) is 11.0. The van der Waals surface area contributed by atoms with Crippen molar-refractivity contribution in [2.45, 2.75) is 37.8 Å². The van der Waals surface area contributed by atoms with Gasteiger partial charge in [0.15, 0.2) is 0 Å². The molecule has 23 heavy (non-hydrogen) atoms. The quantitative estimate of drug-likeness (QED) is 0.805. The lowest BCUT2D eigenvalue weighted by Gasteiger charge is -2.41. The van der Waals surface area contributed by atoms with Gasteiger partial charge in [0, 0.05) is 36.3 Å². The lowest BCUT2D eigenvalue weighted by molar-refractivity contribution is 0.0568. The number of rotatable bonds is 3. The van der Waals surface area contributed by atoms with E-state index in [4.69, 9.17) is 11.6 Å². The number of likely N-dealkylation sites (tertiary alicyclic amines) is 1. The Balaban J connectivity index is 1.41. The molecule has 0 unspecified atom stereocenters. The average Bonchev–Trinajstić information content (AvgIpc) is 2.82. The van der Waals surface area contributed by atoms with Crippen LogP contribution in [-0.4, -0.2) is 50.3 Å². The normalized spacial score (nSPS) is 26.6. The number of hydrogen-bond acceptors (Lipinski definition) is 4. The molecule has 2 aromatic heterocycles. The molecule has 1 N–H and O–H groups in total. The first-order valence-corrected chi connectivity index (χ1v) is 9.36. The molecular weight excluding hydrogens is 380 g/mol. The van der Waals surface area contributed by atoms with Crippen molar-refractivity contribution in [1.82, 2.24) is 19.4 Å². The van der Waals surface area contributed by atoms with Gasteiger partial charge in [0.1, 0.15) is 17.1 Å². The molecule has 3 heterocycles. The summed E-state index contributed by atoms with van der Waals surface area (Å²) in [6.45, 7) is 3.21. The van der Waals surface area contributed by atoms with Gasteiger partial charge in [-0.1, -0.05) is 11.6 Å². The Hall–Kier alpha value is -0.690. The lowest BCUT2D eigenvalue weighted by atomic mass is 9.79. The molecule has 0 atom stereocenters. The summed E-state index contributed by atoms with van der Waals surface area (Å²) in [5.41, 5.74) is 0.918. The minimum atomic E-state index is -0.0894. The topological polar surface area (TPSA) is 54.2 Å². The Bertz CT molecular complexity index is 707. The summed E-state index contributed by atoms with van der Waals surface area (Å²) in [6, 6.07) is 0.496. The predicted octanol–water partition coefficient (Wildman–Crippen LogP) is 3.26. The molecular formula is C16H20BrClN4O. The summed E-state index contributed by atoms with van der Waals surface area (Å²) >= 11 is 9.76. The number of aromatic nitrogens is 3. The van der Waals surface area contributed by atoms with E-state index in [0.29, 0.717) is 11.2 Å². The highest BCUT2D eigenvalue weighted by atomic mass is 79.9. The SMILES string of the molecule is OC1CCN(CC2CC(n3cc(Br)c4c(Cl)ncnc43)C2)CC1. The van der Waals surface area contributed by atoms with Gasteiger partial charge in [0.2, 0.25) is 0 Å². The van der Waals surface area contributed by atoms with E-state index in [2.05, 4.69) is 41.6 Å². The van der Waals surface area contributed by atoms with E-state index in [9.17, 15) is 5.11 Å². The van der Waals surface area contributed by atoms with E-state index in [1.54, 1.807) is 0 Å². The van der Waals surface area contributed by atoms with Crippen molar-refractivity contribution in [1.29, 1.82) is 0 Å². The first-order chi connectivity index (χ1) is 11.1.